The van der Waals surface area contributed by atoms with Crippen molar-refractivity contribution in [1.82, 2.24) is 4.90 Å². The molecule has 8 nitrogen and oxygen atoms in total. The van der Waals surface area contributed by atoms with Crippen molar-refractivity contribution >= 4 is 23.3 Å². The second-order valence-corrected chi connectivity index (χ2v) is 6.56. The first-order chi connectivity index (χ1) is 11.7. The zero-order valence-corrected chi connectivity index (χ0v) is 14.6. The van der Waals surface area contributed by atoms with Crippen LogP contribution in [0.15, 0.2) is 18.2 Å². The minimum absolute atomic E-state index is 0.108. The molecule has 25 heavy (non-hydrogen) atoms. The molecule has 0 aromatic heterocycles. The number of likely N-dealkylation sites (N-methyl/N-ethyl adjacent to an activating group) is 1. The standard InChI is InChI=1S/C17H23N3O5/c1-11-6-8-19(9-7-11)14-5-4-13(10-15(14)20(24)25)16(21)18(3)12(2)17(22)23/h4-5,10-12H,6-9H2,1-3H3,(H,22,23). The molecule has 1 atom stereocenters. The molecule has 0 spiro atoms. The van der Waals surface area contributed by atoms with Gasteiger partial charge in [-0.15, -0.1) is 0 Å². The molecule has 1 amide bonds. The van der Waals surface area contributed by atoms with Crippen molar-refractivity contribution in [3.05, 3.63) is 33.9 Å². The Morgan fingerprint density at radius 2 is 1.96 bits per heavy atom. The average Bonchev–Trinajstić information content (AvgIpc) is 2.59. The number of hydrogen-bond donors (Lipinski definition) is 1. The van der Waals surface area contributed by atoms with Gasteiger partial charge < -0.3 is 14.9 Å². The van der Waals surface area contributed by atoms with E-state index in [2.05, 4.69) is 6.92 Å². The fourth-order valence-electron chi connectivity index (χ4n) is 2.86. The molecule has 1 fully saturated rings. The van der Waals surface area contributed by atoms with Gasteiger partial charge in [-0.1, -0.05) is 6.92 Å². The molecule has 1 aromatic rings. The summed E-state index contributed by atoms with van der Waals surface area (Å²) in [6.07, 6.45) is 1.94. The number of nitrogens with zero attached hydrogens (tertiary/aromatic N) is 3. The second-order valence-electron chi connectivity index (χ2n) is 6.56. The molecule has 1 aromatic carbocycles. The maximum absolute atomic E-state index is 12.4. The second kappa shape index (κ2) is 7.50. The van der Waals surface area contributed by atoms with Crippen LogP contribution >= 0.6 is 0 Å². The van der Waals surface area contributed by atoms with E-state index in [1.54, 1.807) is 6.07 Å². The lowest BCUT2D eigenvalue weighted by atomic mass is 9.98. The van der Waals surface area contributed by atoms with Crippen LogP contribution < -0.4 is 4.90 Å². The highest BCUT2D eigenvalue weighted by atomic mass is 16.6. The van der Waals surface area contributed by atoms with Crippen LogP contribution in [0.3, 0.4) is 0 Å². The SMILES string of the molecule is CC1CCN(c2ccc(C(=O)N(C)C(C)C(=O)O)cc2[N+](=O)[O-])CC1. The van der Waals surface area contributed by atoms with Gasteiger partial charge in [0.15, 0.2) is 0 Å². The zero-order valence-electron chi connectivity index (χ0n) is 14.6. The Balaban J connectivity index is 2.31. The van der Waals surface area contributed by atoms with Crippen LogP contribution in [0.5, 0.6) is 0 Å². The highest BCUT2D eigenvalue weighted by Crippen LogP contribution is 2.32. The van der Waals surface area contributed by atoms with E-state index in [1.165, 1.54) is 26.1 Å². The molecule has 1 N–H and O–H groups in total. The van der Waals surface area contributed by atoms with Gasteiger partial charge in [0.05, 0.1) is 4.92 Å². The van der Waals surface area contributed by atoms with E-state index >= 15 is 0 Å². The largest absolute Gasteiger partial charge is 0.480 e. The van der Waals surface area contributed by atoms with Gasteiger partial charge in [0.1, 0.15) is 11.7 Å². The number of carbonyl (C=O) groups excluding carboxylic acids is 1. The normalized spacial score (nSPS) is 16.4. The quantitative estimate of drug-likeness (QED) is 0.646. The molecule has 1 heterocycles. The van der Waals surface area contributed by atoms with Crippen molar-refractivity contribution in [1.29, 1.82) is 0 Å². The summed E-state index contributed by atoms with van der Waals surface area (Å²) in [5.74, 6) is -1.09. The van der Waals surface area contributed by atoms with Crippen LogP contribution in [0.1, 0.15) is 37.0 Å². The summed E-state index contributed by atoms with van der Waals surface area (Å²) in [6, 6.07) is 3.32. The molecule has 8 heteroatoms. The number of anilines is 1. The van der Waals surface area contributed by atoms with Gasteiger partial charge in [0.2, 0.25) is 0 Å². The first kappa shape index (κ1) is 18.7. The van der Waals surface area contributed by atoms with Crippen LogP contribution in [0.4, 0.5) is 11.4 Å². The van der Waals surface area contributed by atoms with Crippen LogP contribution in [0, 0.1) is 16.0 Å². The van der Waals surface area contributed by atoms with Crippen molar-refractivity contribution in [3.8, 4) is 0 Å². The molecule has 1 saturated heterocycles. The minimum atomic E-state index is -1.13. The third-order valence-corrected chi connectivity index (χ3v) is 4.80. The lowest BCUT2D eigenvalue weighted by molar-refractivity contribution is -0.384. The van der Waals surface area contributed by atoms with E-state index in [0.29, 0.717) is 11.6 Å². The van der Waals surface area contributed by atoms with Crippen LogP contribution in [0.25, 0.3) is 0 Å². The van der Waals surface area contributed by atoms with Crippen LogP contribution in [-0.2, 0) is 4.79 Å². The predicted molar refractivity (Wildman–Crippen MR) is 92.9 cm³/mol. The monoisotopic (exact) mass is 349 g/mol. The van der Waals surface area contributed by atoms with E-state index in [1.807, 2.05) is 4.90 Å². The fourth-order valence-corrected chi connectivity index (χ4v) is 2.86. The number of rotatable bonds is 5. The van der Waals surface area contributed by atoms with Gasteiger partial charge in [0.25, 0.3) is 11.6 Å². The van der Waals surface area contributed by atoms with Gasteiger partial charge in [0, 0.05) is 31.8 Å². The molecule has 1 unspecified atom stereocenters. The van der Waals surface area contributed by atoms with Crippen molar-refractivity contribution in [2.24, 2.45) is 5.92 Å². The topological polar surface area (TPSA) is 104 Å². The molecule has 0 aliphatic carbocycles. The third kappa shape index (κ3) is 4.07. The first-order valence-electron chi connectivity index (χ1n) is 8.25. The van der Waals surface area contributed by atoms with Crippen molar-refractivity contribution in [2.75, 3.05) is 25.0 Å². The van der Waals surface area contributed by atoms with Gasteiger partial charge in [-0.3, -0.25) is 14.9 Å². The van der Waals surface area contributed by atoms with Crippen molar-refractivity contribution in [3.63, 3.8) is 0 Å². The Hall–Kier alpha value is -2.64. The zero-order chi connectivity index (χ0) is 18.7. The predicted octanol–water partition coefficient (Wildman–Crippen LogP) is 2.38. The molecular formula is C17H23N3O5. The number of piperidine rings is 1. The number of carbonyl (C=O) groups is 2. The van der Waals surface area contributed by atoms with E-state index in [-0.39, 0.29) is 11.3 Å². The summed E-state index contributed by atoms with van der Waals surface area (Å²) in [5, 5.41) is 20.5. The molecule has 1 aliphatic heterocycles. The number of aliphatic carboxylic acids is 1. The molecule has 2 rings (SSSR count). The minimum Gasteiger partial charge on any atom is -0.480 e. The van der Waals surface area contributed by atoms with E-state index in [9.17, 15) is 19.7 Å². The maximum atomic E-state index is 12.4. The molecule has 0 bridgehead atoms. The first-order valence-corrected chi connectivity index (χ1v) is 8.25. The number of benzene rings is 1. The summed E-state index contributed by atoms with van der Waals surface area (Å²) < 4.78 is 0. The Labute approximate surface area is 146 Å². The Morgan fingerprint density at radius 1 is 1.36 bits per heavy atom. The number of carboxylic acids is 1. The Bertz CT molecular complexity index is 683. The van der Waals surface area contributed by atoms with Gasteiger partial charge >= 0.3 is 5.97 Å². The molecular weight excluding hydrogens is 326 g/mol. The summed E-state index contributed by atoms with van der Waals surface area (Å²) >= 11 is 0. The van der Waals surface area contributed by atoms with E-state index < -0.39 is 22.8 Å². The highest BCUT2D eigenvalue weighted by molar-refractivity contribution is 5.97. The summed E-state index contributed by atoms with van der Waals surface area (Å²) in [6.45, 7) is 5.03. The fraction of sp³-hybridized carbons (Fsp3) is 0.529. The number of carboxylic acid groups (broad SMARTS) is 1. The molecule has 0 radical (unpaired) electrons. The lowest BCUT2D eigenvalue weighted by Gasteiger charge is -2.31. The Kier molecular flexibility index (Phi) is 5.61. The third-order valence-electron chi connectivity index (χ3n) is 4.80. The van der Waals surface area contributed by atoms with Gasteiger partial charge in [-0.2, -0.15) is 0 Å². The Morgan fingerprint density at radius 3 is 2.48 bits per heavy atom. The average molecular weight is 349 g/mol. The molecule has 136 valence electrons. The lowest BCUT2D eigenvalue weighted by Crippen LogP contribution is -2.40. The van der Waals surface area contributed by atoms with Crippen LogP contribution in [0.2, 0.25) is 0 Å². The summed E-state index contributed by atoms with van der Waals surface area (Å²) in [4.78, 5) is 37.5. The van der Waals surface area contributed by atoms with Crippen LogP contribution in [-0.4, -0.2) is 53.0 Å². The summed E-state index contributed by atoms with van der Waals surface area (Å²) in [7, 11) is 1.37. The molecule has 1 aliphatic rings. The van der Waals surface area contributed by atoms with Crippen molar-refractivity contribution < 1.29 is 19.6 Å². The highest BCUT2D eigenvalue weighted by Gasteiger charge is 2.27. The number of hydrogen-bond acceptors (Lipinski definition) is 5. The van der Waals surface area contributed by atoms with Gasteiger partial charge in [-0.05, 0) is 37.8 Å². The number of amides is 1. The smallest absolute Gasteiger partial charge is 0.326 e. The number of nitro benzene ring substituents is 1. The van der Waals surface area contributed by atoms with E-state index in [0.717, 1.165) is 30.8 Å². The number of nitro groups is 1. The maximum Gasteiger partial charge on any atom is 0.326 e. The molecule has 0 saturated carbocycles. The van der Waals surface area contributed by atoms with Crippen molar-refractivity contribution in [2.45, 2.75) is 32.7 Å². The summed E-state index contributed by atoms with van der Waals surface area (Å²) in [5.41, 5.74) is 0.482. The van der Waals surface area contributed by atoms with E-state index in [4.69, 9.17) is 5.11 Å². The van der Waals surface area contributed by atoms with Gasteiger partial charge in [-0.25, -0.2) is 4.79 Å².